The molecule has 9 heteroatoms. The van der Waals surface area contributed by atoms with Gasteiger partial charge in [-0.1, -0.05) is 6.07 Å². The fourth-order valence-electron chi connectivity index (χ4n) is 3.08. The average molecular weight is 386 g/mol. The summed E-state index contributed by atoms with van der Waals surface area (Å²) in [4.78, 5) is 42.4. The van der Waals surface area contributed by atoms with E-state index in [2.05, 4.69) is 4.98 Å². The number of nitrogens with zero attached hydrogens (tertiary/aromatic N) is 4. The molecule has 3 rings (SSSR count). The number of imidazole rings is 1. The Morgan fingerprint density at radius 3 is 2.64 bits per heavy atom. The Hall–Kier alpha value is -3.36. The third kappa shape index (κ3) is 3.08. The normalized spacial score (nSPS) is 12.1. The van der Waals surface area contributed by atoms with Crippen LogP contribution in [0.15, 0.2) is 40.2 Å². The minimum atomic E-state index is -0.765. The van der Waals surface area contributed by atoms with Crippen LogP contribution >= 0.6 is 0 Å². The van der Waals surface area contributed by atoms with Crippen molar-refractivity contribution in [2.24, 2.45) is 0 Å². The van der Waals surface area contributed by atoms with Gasteiger partial charge in [-0.3, -0.25) is 9.36 Å². The van der Waals surface area contributed by atoms with Crippen LogP contribution in [0.3, 0.4) is 0 Å². The number of aromatic nitrogens is 4. The number of hydrogen-bond donors (Lipinski definition) is 0. The Morgan fingerprint density at radius 1 is 1.25 bits per heavy atom. The minimum absolute atomic E-state index is 0.157. The summed E-state index contributed by atoms with van der Waals surface area (Å²) in [5.74, 6) is 0.0782. The molecular formula is C19H22N4O5. The molecule has 3 aromatic rings. The molecule has 0 saturated heterocycles. The van der Waals surface area contributed by atoms with Crippen LogP contribution < -0.4 is 16.0 Å². The summed E-state index contributed by atoms with van der Waals surface area (Å²) in [6.45, 7) is 5.44. The average Bonchev–Trinajstić information content (AvgIpc) is 3.13. The van der Waals surface area contributed by atoms with Crippen molar-refractivity contribution in [2.45, 2.75) is 33.4 Å². The quantitative estimate of drug-likeness (QED) is 0.596. The smallest absolute Gasteiger partial charge is 0.337 e. The lowest BCUT2D eigenvalue weighted by Crippen LogP contribution is -2.40. The third-order valence-corrected chi connectivity index (χ3v) is 4.53. The molecule has 0 aliphatic carbocycles. The number of carbonyl (C=O) groups excluding carboxylic acids is 1. The van der Waals surface area contributed by atoms with Crippen LogP contribution in [-0.2, 0) is 16.1 Å². The van der Waals surface area contributed by atoms with Crippen molar-refractivity contribution in [1.29, 1.82) is 0 Å². The van der Waals surface area contributed by atoms with Gasteiger partial charge in [0.1, 0.15) is 11.8 Å². The summed E-state index contributed by atoms with van der Waals surface area (Å²) in [5, 5.41) is 0. The van der Waals surface area contributed by atoms with E-state index in [1.54, 1.807) is 45.0 Å². The lowest BCUT2D eigenvalue weighted by atomic mass is 10.3. The van der Waals surface area contributed by atoms with Gasteiger partial charge < -0.3 is 14.0 Å². The lowest BCUT2D eigenvalue weighted by molar-refractivity contribution is -0.146. The number of rotatable bonds is 6. The van der Waals surface area contributed by atoms with Crippen LogP contribution in [0.1, 0.15) is 26.8 Å². The predicted octanol–water partition coefficient (Wildman–Crippen LogP) is 1.50. The molecule has 0 N–H and O–H groups in total. The molecule has 2 heterocycles. The van der Waals surface area contributed by atoms with Gasteiger partial charge in [0, 0.05) is 12.6 Å². The number of esters is 1. The standard InChI is InChI=1S/C19H22N4O5/c1-5-21-17(24)15-16(20-11-22(15)12(3)18(25)28-6-2)23(19(21)26)13-8-7-9-14(10-13)27-4/h7-12H,5-6H2,1-4H3/t12-/m0/s1. The van der Waals surface area contributed by atoms with E-state index in [9.17, 15) is 14.4 Å². The van der Waals surface area contributed by atoms with E-state index in [1.807, 2.05) is 0 Å². The second-order valence-corrected chi connectivity index (χ2v) is 6.12. The van der Waals surface area contributed by atoms with Gasteiger partial charge in [-0.2, -0.15) is 0 Å². The maximum absolute atomic E-state index is 13.0. The Balaban J connectivity index is 2.35. The molecule has 0 saturated carbocycles. The number of methoxy groups -OCH3 is 1. The third-order valence-electron chi connectivity index (χ3n) is 4.53. The maximum atomic E-state index is 13.0. The van der Waals surface area contributed by atoms with E-state index in [0.717, 1.165) is 4.57 Å². The Kier molecular flexibility index (Phi) is 5.34. The number of fused-ring (bicyclic) bond motifs is 1. The zero-order chi connectivity index (χ0) is 20.4. The topological polar surface area (TPSA) is 97.4 Å². The summed E-state index contributed by atoms with van der Waals surface area (Å²) in [5.41, 5.74) is -0.183. The Morgan fingerprint density at radius 2 is 2.00 bits per heavy atom. The number of ether oxygens (including phenoxy) is 2. The maximum Gasteiger partial charge on any atom is 0.337 e. The van der Waals surface area contributed by atoms with Crippen molar-refractivity contribution in [1.82, 2.24) is 18.7 Å². The Labute approximate surface area is 160 Å². The molecule has 28 heavy (non-hydrogen) atoms. The molecule has 0 fully saturated rings. The van der Waals surface area contributed by atoms with Gasteiger partial charge in [-0.15, -0.1) is 0 Å². The van der Waals surface area contributed by atoms with Crippen molar-refractivity contribution in [3.63, 3.8) is 0 Å². The van der Waals surface area contributed by atoms with Gasteiger partial charge >= 0.3 is 11.7 Å². The van der Waals surface area contributed by atoms with Crippen LogP contribution in [0.25, 0.3) is 16.9 Å². The fraction of sp³-hybridized carbons (Fsp3) is 0.368. The van der Waals surface area contributed by atoms with E-state index < -0.39 is 23.3 Å². The zero-order valence-corrected chi connectivity index (χ0v) is 16.2. The second-order valence-electron chi connectivity index (χ2n) is 6.12. The molecule has 0 aliphatic heterocycles. The van der Waals surface area contributed by atoms with Gasteiger partial charge in [-0.25, -0.2) is 19.1 Å². The zero-order valence-electron chi connectivity index (χ0n) is 16.2. The van der Waals surface area contributed by atoms with Gasteiger partial charge in [-0.05, 0) is 32.9 Å². The van der Waals surface area contributed by atoms with Crippen molar-refractivity contribution in [3.05, 3.63) is 51.4 Å². The minimum Gasteiger partial charge on any atom is -0.497 e. The SMILES string of the molecule is CCOC(=O)[C@H](C)n1cnc2c1c(=O)n(CC)c(=O)n2-c1cccc(OC)c1. The van der Waals surface area contributed by atoms with Crippen LogP contribution in [0.2, 0.25) is 0 Å². The summed E-state index contributed by atoms with van der Waals surface area (Å²) < 4.78 is 14.2. The van der Waals surface area contributed by atoms with Gasteiger partial charge in [0.05, 0.1) is 25.7 Å². The van der Waals surface area contributed by atoms with E-state index in [0.29, 0.717) is 11.4 Å². The van der Waals surface area contributed by atoms with Crippen LogP contribution in [0.4, 0.5) is 0 Å². The van der Waals surface area contributed by atoms with E-state index in [4.69, 9.17) is 9.47 Å². The number of benzene rings is 1. The van der Waals surface area contributed by atoms with Crippen molar-refractivity contribution in [3.8, 4) is 11.4 Å². The van der Waals surface area contributed by atoms with Crippen LogP contribution in [0, 0.1) is 0 Å². The number of carbonyl (C=O) groups is 1. The first kappa shape index (κ1) is 19.4. The highest BCUT2D eigenvalue weighted by molar-refractivity contribution is 5.79. The molecule has 0 radical (unpaired) electrons. The van der Waals surface area contributed by atoms with Gasteiger partial charge in [0.2, 0.25) is 0 Å². The van der Waals surface area contributed by atoms with Gasteiger partial charge in [0.15, 0.2) is 11.2 Å². The molecule has 1 aromatic carbocycles. The first-order valence-corrected chi connectivity index (χ1v) is 8.98. The van der Waals surface area contributed by atoms with E-state index >= 15 is 0 Å². The van der Waals surface area contributed by atoms with Crippen molar-refractivity contribution >= 4 is 17.1 Å². The molecule has 0 amide bonds. The first-order valence-electron chi connectivity index (χ1n) is 8.98. The van der Waals surface area contributed by atoms with Crippen molar-refractivity contribution in [2.75, 3.05) is 13.7 Å². The molecule has 2 aromatic heterocycles. The monoisotopic (exact) mass is 386 g/mol. The first-order chi connectivity index (χ1) is 13.4. The summed E-state index contributed by atoms with van der Waals surface area (Å²) in [6, 6.07) is 6.13. The fourth-order valence-corrected chi connectivity index (χ4v) is 3.08. The molecule has 0 unspecified atom stereocenters. The predicted molar refractivity (Wildman–Crippen MR) is 103 cm³/mol. The molecular weight excluding hydrogens is 364 g/mol. The molecule has 0 bridgehead atoms. The lowest BCUT2D eigenvalue weighted by Gasteiger charge is -2.15. The highest BCUT2D eigenvalue weighted by atomic mass is 16.5. The van der Waals surface area contributed by atoms with Gasteiger partial charge in [0.25, 0.3) is 5.56 Å². The highest BCUT2D eigenvalue weighted by Gasteiger charge is 2.24. The molecule has 1 atom stereocenters. The molecule has 148 valence electrons. The van der Waals surface area contributed by atoms with E-state index in [-0.39, 0.29) is 24.3 Å². The Bertz CT molecular complexity index is 1140. The van der Waals surface area contributed by atoms with Crippen LogP contribution in [0.5, 0.6) is 5.75 Å². The highest BCUT2D eigenvalue weighted by Crippen LogP contribution is 2.20. The number of hydrogen-bond acceptors (Lipinski definition) is 6. The van der Waals surface area contributed by atoms with Crippen LogP contribution in [-0.4, -0.2) is 38.4 Å². The second kappa shape index (κ2) is 7.71. The summed E-state index contributed by atoms with van der Waals surface area (Å²) in [6.07, 6.45) is 1.38. The summed E-state index contributed by atoms with van der Waals surface area (Å²) in [7, 11) is 1.53. The summed E-state index contributed by atoms with van der Waals surface area (Å²) >= 11 is 0. The molecule has 9 nitrogen and oxygen atoms in total. The van der Waals surface area contributed by atoms with E-state index in [1.165, 1.54) is 22.6 Å². The molecule has 0 spiro atoms. The molecule has 0 aliphatic rings. The largest absolute Gasteiger partial charge is 0.497 e. The van der Waals surface area contributed by atoms with Crippen molar-refractivity contribution < 1.29 is 14.3 Å².